The van der Waals surface area contributed by atoms with E-state index in [1.165, 1.54) is 40.3 Å². The molecule has 0 aliphatic carbocycles. The van der Waals surface area contributed by atoms with E-state index in [2.05, 4.69) is 53.6 Å². The van der Waals surface area contributed by atoms with Gasteiger partial charge in [-0.25, -0.2) is 0 Å². The van der Waals surface area contributed by atoms with Gasteiger partial charge in [0, 0.05) is 18.5 Å². The summed E-state index contributed by atoms with van der Waals surface area (Å²) in [6, 6.07) is 6.48. The lowest BCUT2D eigenvalue weighted by atomic mass is 10.0. The van der Waals surface area contributed by atoms with Gasteiger partial charge in [-0.2, -0.15) is 0 Å². The summed E-state index contributed by atoms with van der Waals surface area (Å²) in [7, 11) is 0. The van der Waals surface area contributed by atoms with Crippen LogP contribution >= 0.6 is 11.8 Å². The maximum absolute atomic E-state index is 12.5. The number of aryl methyl sites for hydroxylation is 3. The van der Waals surface area contributed by atoms with Crippen LogP contribution in [-0.4, -0.2) is 44.2 Å². The van der Waals surface area contributed by atoms with Crippen LogP contribution in [0.2, 0.25) is 0 Å². The fourth-order valence-electron chi connectivity index (χ4n) is 3.87. The third kappa shape index (κ3) is 3.07. The third-order valence-electron chi connectivity index (χ3n) is 5.13. The molecule has 0 unspecified atom stereocenters. The maximum Gasteiger partial charge on any atom is 0.233 e. The fourth-order valence-corrected chi connectivity index (χ4v) is 4.72. The lowest BCUT2D eigenvalue weighted by Gasteiger charge is -2.26. The Balaban J connectivity index is 1.70. The molecular formula is C20H24N4OS. The zero-order valence-electron chi connectivity index (χ0n) is 15.6. The smallest absolute Gasteiger partial charge is 0.233 e. The number of benzene rings is 1. The number of carbonyl (C=O) groups is 1. The molecule has 1 saturated heterocycles. The molecule has 4 rings (SSSR count). The van der Waals surface area contributed by atoms with Crippen LogP contribution in [0.15, 0.2) is 23.4 Å². The van der Waals surface area contributed by atoms with E-state index < -0.39 is 0 Å². The summed E-state index contributed by atoms with van der Waals surface area (Å²) in [6.45, 7) is 8.14. The largest absolute Gasteiger partial charge is 0.342 e. The summed E-state index contributed by atoms with van der Waals surface area (Å²) < 4.78 is 2.10. The van der Waals surface area contributed by atoms with E-state index in [1.54, 1.807) is 0 Å². The predicted molar refractivity (Wildman–Crippen MR) is 106 cm³/mol. The number of fused-ring (bicyclic) bond motifs is 3. The monoisotopic (exact) mass is 368 g/mol. The van der Waals surface area contributed by atoms with Crippen LogP contribution in [0, 0.1) is 20.8 Å². The fraction of sp³-hybridized carbons (Fsp3) is 0.450. The Morgan fingerprint density at radius 3 is 2.58 bits per heavy atom. The molecule has 5 nitrogen and oxygen atoms in total. The van der Waals surface area contributed by atoms with Crippen LogP contribution < -0.4 is 0 Å². The summed E-state index contributed by atoms with van der Waals surface area (Å²) in [5, 5.41) is 10.7. The molecule has 26 heavy (non-hydrogen) atoms. The van der Waals surface area contributed by atoms with Gasteiger partial charge >= 0.3 is 0 Å². The lowest BCUT2D eigenvalue weighted by Crippen LogP contribution is -2.36. The molecule has 0 spiro atoms. The van der Waals surface area contributed by atoms with Crippen LogP contribution in [-0.2, 0) is 4.79 Å². The van der Waals surface area contributed by atoms with E-state index in [0.29, 0.717) is 5.75 Å². The van der Waals surface area contributed by atoms with Crippen molar-refractivity contribution >= 4 is 34.2 Å². The van der Waals surface area contributed by atoms with E-state index in [-0.39, 0.29) is 5.91 Å². The first-order chi connectivity index (χ1) is 12.5. The van der Waals surface area contributed by atoms with Crippen molar-refractivity contribution in [3.05, 3.63) is 34.9 Å². The Morgan fingerprint density at radius 1 is 1.04 bits per heavy atom. The minimum absolute atomic E-state index is 0.204. The number of carbonyl (C=O) groups excluding carboxylic acids is 1. The van der Waals surface area contributed by atoms with Gasteiger partial charge in [-0.3, -0.25) is 9.20 Å². The number of piperidine rings is 1. The number of pyridine rings is 1. The van der Waals surface area contributed by atoms with E-state index in [0.717, 1.165) is 42.3 Å². The molecule has 6 heteroatoms. The summed E-state index contributed by atoms with van der Waals surface area (Å²) in [4.78, 5) is 14.5. The standard InChI is InChI=1S/C20H24N4OS/c1-13-9-15(3)19-16(10-13)14(2)11-17-21-22-20(24(17)19)26-12-18(25)23-7-5-4-6-8-23/h9-11H,4-8,12H2,1-3H3. The van der Waals surface area contributed by atoms with Crippen LogP contribution in [0.4, 0.5) is 0 Å². The van der Waals surface area contributed by atoms with Crippen molar-refractivity contribution in [3.8, 4) is 0 Å². The van der Waals surface area contributed by atoms with Gasteiger partial charge in [0.15, 0.2) is 10.8 Å². The van der Waals surface area contributed by atoms with E-state index in [4.69, 9.17) is 0 Å². The minimum atomic E-state index is 0.204. The summed E-state index contributed by atoms with van der Waals surface area (Å²) in [6.07, 6.45) is 3.47. The van der Waals surface area contributed by atoms with Crippen molar-refractivity contribution in [2.24, 2.45) is 0 Å². The number of hydrogen-bond acceptors (Lipinski definition) is 4. The second-order valence-electron chi connectivity index (χ2n) is 7.21. The van der Waals surface area contributed by atoms with Crippen LogP contribution in [0.25, 0.3) is 16.6 Å². The molecule has 136 valence electrons. The first-order valence-corrected chi connectivity index (χ1v) is 10.2. The summed E-state index contributed by atoms with van der Waals surface area (Å²) in [5.41, 5.74) is 5.64. The average Bonchev–Trinajstić information content (AvgIpc) is 3.03. The van der Waals surface area contributed by atoms with Gasteiger partial charge in [-0.05, 0) is 63.3 Å². The second-order valence-corrected chi connectivity index (χ2v) is 8.15. The molecule has 3 aromatic rings. The Labute approximate surface area is 157 Å². The van der Waals surface area contributed by atoms with Gasteiger partial charge < -0.3 is 4.90 Å². The number of aromatic nitrogens is 3. The Hall–Kier alpha value is -2.08. The zero-order chi connectivity index (χ0) is 18.3. The Bertz CT molecular complexity index is 989. The van der Waals surface area contributed by atoms with Crippen molar-refractivity contribution < 1.29 is 4.79 Å². The van der Waals surface area contributed by atoms with E-state index in [1.807, 2.05) is 4.90 Å². The Kier molecular flexibility index (Phi) is 4.61. The first-order valence-electron chi connectivity index (χ1n) is 9.21. The maximum atomic E-state index is 12.5. The molecule has 1 aromatic carbocycles. The van der Waals surface area contributed by atoms with Crippen molar-refractivity contribution in [1.82, 2.24) is 19.5 Å². The molecule has 1 amide bonds. The lowest BCUT2D eigenvalue weighted by molar-refractivity contribution is -0.129. The minimum Gasteiger partial charge on any atom is -0.342 e. The van der Waals surface area contributed by atoms with Gasteiger partial charge in [-0.1, -0.05) is 23.4 Å². The molecular weight excluding hydrogens is 344 g/mol. The predicted octanol–water partition coefficient (Wildman–Crippen LogP) is 3.91. The van der Waals surface area contributed by atoms with Crippen LogP contribution in [0.5, 0.6) is 0 Å². The molecule has 1 aliphatic heterocycles. The highest BCUT2D eigenvalue weighted by molar-refractivity contribution is 7.99. The molecule has 3 heterocycles. The van der Waals surface area contributed by atoms with Gasteiger partial charge in [0.2, 0.25) is 5.91 Å². The van der Waals surface area contributed by atoms with Crippen LogP contribution in [0.3, 0.4) is 0 Å². The van der Waals surface area contributed by atoms with Gasteiger partial charge in [0.1, 0.15) is 0 Å². The number of hydrogen-bond donors (Lipinski definition) is 0. The number of likely N-dealkylation sites (tertiary alicyclic amines) is 1. The third-order valence-corrected chi connectivity index (χ3v) is 6.04. The molecule has 0 radical (unpaired) electrons. The highest BCUT2D eigenvalue weighted by atomic mass is 32.2. The summed E-state index contributed by atoms with van der Waals surface area (Å²) >= 11 is 1.49. The number of rotatable bonds is 3. The highest BCUT2D eigenvalue weighted by Crippen LogP contribution is 2.29. The topological polar surface area (TPSA) is 50.5 Å². The molecule has 1 aliphatic rings. The number of nitrogens with zero attached hydrogens (tertiary/aromatic N) is 4. The highest BCUT2D eigenvalue weighted by Gasteiger charge is 2.19. The van der Waals surface area contributed by atoms with Gasteiger partial charge in [-0.15, -0.1) is 10.2 Å². The van der Waals surface area contributed by atoms with Crippen molar-refractivity contribution in [2.75, 3.05) is 18.8 Å². The molecule has 0 bridgehead atoms. The molecule has 0 saturated carbocycles. The van der Waals surface area contributed by atoms with E-state index in [9.17, 15) is 4.79 Å². The average molecular weight is 369 g/mol. The quantitative estimate of drug-likeness (QED) is 0.658. The second kappa shape index (κ2) is 6.91. The summed E-state index contributed by atoms with van der Waals surface area (Å²) in [5.74, 6) is 0.622. The molecule has 1 fully saturated rings. The van der Waals surface area contributed by atoms with Crippen LogP contribution in [0.1, 0.15) is 36.0 Å². The van der Waals surface area contributed by atoms with Crippen molar-refractivity contribution in [2.45, 2.75) is 45.2 Å². The van der Waals surface area contributed by atoms with E-state index >= 15 is 0 Å². The van der Waals surface area contributed by atoms with Gasteiger partial charge in [0.05, 0.1) is 11.3 Å². The SMILES string of the molecule is Cc1cc(C)c2c(c1)c(C)cc1nnc(SCC(=O)N3CCCCC3)n12. The number of thioether (sulfide) groups is 1. The first kappa shape index (κ1) is 17.3. The Morgan fingerprint density at radius 2 is 1.81 bits per heavy atom. The van der Waals surface area contributed by atoms with Crippen molar-refractivity contribution in [1.29, 1.82) is 0 Å². The normalized spacial score (nSPS) is 15.1. The number of amides is 1. The van der Waals surface area contributed by atoms with Gasteiger partial charge in [0.25, 0.3) is 0 Å². The molecule has 0 atom stereocenters. The molecule has 0 N–H and O–H groups in total. The zero-order valence-corrected chi connectivity index (χ0v) is 16.4. The van der Waals surface area contributed by atoms with Crippen molar-refractivity contribution in [3.63, 3.8) is 0 Å². The molecule has 2 aromatic heterocycles.